The first-order valence-electron chi connectivity index (χ1n) is 7.75. The second kappa shape index (κ2) is 5.75. The Labute approximate surface area is 123 Å². The molecular weight excluding hydrogens is 256 g/mol. The van der Waals surface area contributed by atoms with Gasteiger partial charge in [0.1, 0.15) is 0 Å². The Bertz CT molecular complexity index is 345. The third-order valence-corrected chi connectivity index (χ3v) is 5.85. The van der Waals surface area contributed by atoms with Crippen molar-refractivity contribution in [2.45, 2.75) is 64.5 Å². The zero-order valence-electron chi connectivity index (χ0n) is 12.9. The van der Waals surface area contributed by atoms with Crippen LogP contribution < -0.4 is 5.32 Å². The van der Waals surface area contributed by atoms with Crippen molar-refractivity contribution in [2.75, 3.05) is 19.6 Å². The Hall–Kier alpha value is -0.0500. The summed E-state index contributed by atoms with van der Waals surface area (Å²) < 4.78 is 0. The van der Waals surface area contributed by atoms with Crippen LogP contribution in [0.25, 0.3) is 0 Å². The fourth-order valence-electron chi connectivity index (χ4n) is 3.48. The lowest BCUT2D eigenvalue weighted by atomic mass is 9.81. The maximum Gasteiger partial charge on any atom is 0.0338 e. The van der Waals surface area contributed by atoms with E-state index in [-0.39, 0.29) is 0 Å². The van der Waals surface area contributed by atoms with Crippen molar-refractivity contribution in [2.24, 2.45) is 5.92 Å². The van der Waals surface area contributed by atoms with Crippen molar-refractivity contribution in [3.63, 3.8) is 0 Å². The predicted molar refractivity (Wildman–Crippen MR) is 83.6 cm³/mol. The van der Waals surface area contributed by atoms with Gasteiger partial charge in [-0.25, -0.2) is 0 Å². The van der Waals surface area contributed by atoms with E-state index in [1.165, 1.54) is 31.3 Å². The molecule has 0 spiro atoms. The topological polar surface area (TPSA) is 15.3 Å². The highest BCUT2D eigenvalue weighted by Gasteiger charge is 2.50. The lowest BCUT2D eigenvalue weighted by Gasteiger charge is -2.54. The van der Waals surface area contributed by atoms with Gasteiger partial charge in [0.15, 0.2) is 0 Å². The third kappa shape index (κ3) is 3.01. The summed E-state index contributed by atoms with van der Waals surface area (Å²) in [5, 5.41) is 3.87. The van der Waals surface area contributed by atoms with Gasteiger partial charge in [-0.3, -0.25) is 4.90 Å². The molecule has 1 unspecified atom stereocenters. The number of halogens is 1. The van der Waals surface area contributed by atoms with Crippen LogP contribution in [-0.4, -0.2) is 35.6 Å². The van der Waals surface area contributed by atoms with Crippen LogP contribution in [0.3, 0.4) is 0 Å². The molecule has 1 atom stereocenters. The van der Waals surface area contributed by atoms with Crippen LogP contribution in [0.5, 0.6) is 0 Å². The Morgan fingerprint density at radius 3 is 2.47 bits per heavy atom. The molecule has 0 aromatic rings. The minimum Gasteiger partial charge on any atom is -0.308 e. The first-order chi connectivity index (χ1) is 8.99. The highest BCUT2D eigenvalue weighted by Crippen LogP contribution is 2.45. The van der Waals surface area contributed by atoms with E-state index in [0.717, 1.165) is 25.6 Å². The van der Waals surface area contributed by atoms with Gasteiger partial charge in [0.25, 0.3) is 0 Å². The number of rotatable bonds is 5. The third-order valence-electron chi connectivity index (χ3n) is 5.47. The molecule has 2 nitrogen and oxygen atoms in total. The van der Waals surface area contributed by atoms with Gasteiger partial charge in [0.2, 0.25) is 0 Å². The summed E-state index contributed by atoms with van der Waals surface area (Å²) in [7, 11) is 0. The standard InChI is InChI=1S/C16H29ClN2/c1-5-16(6-2)12-19(10-13(3)9-17)15(4,11-18-16)14-7-8-14/h9,14,18H,5-8,10-12H2,1-4H3. The van der Waals surface area contributed by atoms with Crippen LogP contribution >= 0.6 is 11.6 Å². The summed E-state index contributed by atoms with van der Waals surface area (Å²) in [5.74, 6) is 0.870. The van der Waals surface area contributed by atoms with Gasteiger partial charge < -0.3 is 5.32 Å². The molecular formula is C16H29ClN2. The number of nitrogens with one attached hydrogen (secondary N) is 1. The first-order valence-corrected chi connectivity index (χ1v) is 8.19. The van der Waals surface area contributed by atoms with Crippen molar-refractivity contribution in [3.8, 4) is 0 Å². The van der Waals surface area contributed by atoms with E-state index in [4.69, 9.17) is 11.6 Å². The molecule has 0 aromatic heterocycles. The average Bonchev–Trinajstić information content (AvgIpc) is 3.26. The van der Waals surface area contributed by atoms with Crippen molar-refractivity contribution in [3.05, 3.63) is 11.1 Å². The quantitative estimate of drug-likeness (QED) is 0.827. The molecule has 1 saturated heterocycles. The van der Waals surface area contributed by atoms with Crippen molar-refractivity contribution in [1.82, 2.24) is 10.2 Å². The molecule has 1 N–H and O–H groups in total. The minimum atomic E-state index is 0.293. The van der Waals surface area contributed by atoms with Crippen molar-refractivity contribution < 1.29 is 0 Å². The molecule has 1 aliphatic heterocycles. The minimum absolute atomic E-state index is 0.293. The largest absolute Gasteiger partial charge is 0.308 e. The van der Waals surface area contributed by atoms with Gasteiger partial charge in [-0.05, 0) is 51.0 Å². The molecule has 0 aromatic carbocycles. The average molecular weight is 285 g/mol. The molecule has 0 radical (unpaired) electrons. The van der Waals surface area contributed by atoms with Crippen LogP contribution in [0.15, 0.2) is 11.1 Å². The summed E-state index contributed by atoms with van der Waals surface area (Å²) in [5.41, 5.74) is 3.63. The van der Waals surface area contributed by atoms with Crippen molar-refractivity contribution in [1.29, 1.82) is 0 Å². The molecule has 3 heteroatoms. The zero-order valence-corrected chi connectivity index (χ0v) is 13.7. The van der Waals surface area contributed by atoms with Gasteiger partial charge in [0, 0.05) is 36.2 Å². The van der Waals surface area contributed by atoms with Gasteiger partial charge in [-0.2, -0.15) is 0 Å². The summed E-state index contributed by atoms with van der Waals surface area (Å²) in [6.45, 7) is 12.5. The molecule has 0 amide bonds. The van der Waals surface area contributed by atoms with Crippen LogP contribution in [0, 0.1) is 5.92 Å². The number of hydrogen-bond acceptors (Lipinski definition) is 2. The molecule has 1 saturated carbocycles. The molecule has 0 bridgehead atoms. The summed E-state index contributed by atoms with van der Waals surface area (Å²) in [6, 6.07) is 0. The monoisotopic (exact) mass is 284 g/mol. The van der Waals surface area contributed by atoms with Crippen LogP contribution in [0.4, 0.5) is 0 Å². The Morgan fingerprint density at radius 2 is 2.00 bits per heavy atom. The molecule has 2 fully saturated rings. The lowest BCUT2D eigenvalue weighted by Crippen LogP contribution is -2.69. The first kappa shape index (κ1) is 15.3. The fraction of sp³-hybridized carbons (Fsp3) is 0.875. The predicted octanol–water partition coefficient (Wildman–Crippen LogP) is 3.76. The van der Waals surface area contributed by atoms with E-state index in [2.05, 4.69) is 37.9 Å². The molecule has 19 heavy (non-hydrogen) atoms. The summed E-state index contributed by atoms with van der Waals surface area (Å²) in [6.07, 6.45) is 5.18. The maximum absolute atomic E-state index is 5.89. The van der Waals surface area contributed by atoms with Gasteiger partial charge in [-0.1, -0.05) is 25.4 Å². The molecule has 110 valence electrons. The normalized spacial score (nSPS) is 32.6. The molecule has 2 aliphatic rings. The maximum atomic E-state index is 5.89. The Balaban J connectivity index is 2.18. The van der Waals surface area contributed by atoms with Gasteiger partial charge in [-0.15, -0.1) is 0 Å². The van der Waals surface area contributed by atoms with E-state index in [9.17, 15) is 0 Å². The van der Waals surface area contributed by atoms with E-state index in [1.54, 1.807) is 5.54 Å². The number of nitrogens with zero attached hydrogens (tertiary/aromatic N) is 1. The number of piperazine rings is 1. The smallest absolute Gasteiger partial charge is 0.0338 e. The molecule has 2 rings (SSSR count). The lowest BCUT2D eigenvalue weighted by molar-refractivity contribution is 0.00491. The van der Waals surface area contributed by atoms with E-state index < -0.39 is 0 Å². The second-order valence-corrected chi connectivity index (χ2v) is 7.00. The Kier molecular flexibility index (Phi) is 4.64. The van der Waals surface area contributed by atoms with Gasteiger partial charge in [0.05, 0.1) is 0 Å². The van der Waals surface area contributed by atoms with Crippen molar-refractivity contribution >= 4 is 11.6 Å². The molecule has 1 heterocycles. The fourth-order valence-corrected chi connectivity index (χ4v) is 3.55. The highest BCUT2D eigenvalue weighted by atomic mass is 35.5. The van der Waals surface area contributed by atoms with E-state index >= 15 is 0 Å². The van der Waals surface area contributed by atoms with E-state index in [0.29, 0.717) is 11.1 Å². The number of hydrogen-bond donors (Lipinski definition) is 1. The molecule has 1 aliphatic carbocycles. The van der Waals surface area contributed by atoms with Crippen LogP contribution in [0.2, 0.25) is 0 Å². The summed E-state index contributed by atoms with van der Waals surface area (Å²) >= 11 is 5.89. The zero-order chi connectivity index (χ0) is 14.1. The summed E-state index contributed by atoms with van der Waals surface area (Å²) in [4.78, 5) is 2.70. The Morgan fingerprint density at radius 1 is 1.37 bits per heavy atom. The van der Waals surface area contributed by atoms with Crippen LogP contribution in [-0.2, 0) is 0 Å². The second-order valence-electron chi connectivity index (χ2n) is 6.78. The highest BCUT2D eigenvalue weighted by molar-refractivity contribution is 6.25. The van der Waals surface area contributed by atoms with Crippen LogP contribution in [0.1, 0.15) is 53.4 Å². The van der Waals surface area contributed by atoms with E-state index in [1.807, 2.05) is 0 Å². The van der Waals surface area contributed by atoms with Gasteiger partial charge >= 0.3 is 0 Å². The SMILES string of the molecule is CCC1(CC)CN(CC(C)=CCl)C(C)(C2CC2)CN1.